The molecule has 0 saturated heterocycles. The van der Waals surface area contributed by atoms with E-state index in [0.717, 1.165) is 16.9 Å². The lowest BCUT2D eigenvalue weighted by molar-refractivity contribution is 0.0692. The monoisotopic (exact) mass is 375 g/mol. The van der Waals surface area contributed by atoms with Crippen molar-refractivity contribution in [2.45, 2.75) is 13.8 Å². The topological polar surface area (TPSA) is 77.8 Å². The Morgan fingerprint density at radius 2 is 1.46 bits per heavy atom. The van der Waals surface area contributed by atoms with Crippen molar-refractivity contribution in [3.63, 3.8) is 0 Å². The highest BCUT2D eigenvalue weighted by Gasteiger charge is 2.21. The number of rotatable bonds is 6. The van der Waals surface area contributed by atoms with Crippen molar-refractivity contribution in [2.24, 2.45) is 0 Å². The number of carbonyl (C=O) groups excluding carboxylic acids is 1. The van der Waals surface area contributed by atoms with Crippen LogP contribution in [-0.4, -0.2) is 28.5 Å². The lowest BCUT2D eigenvalue weighted by Gasteiger charge is -2.24. The van der Waals surface area contributed by atoms with E-state index < -0.39 is 11.8 Å². The van der Waals surface area contributed by atoms with Crippen molar-refractivity contribution in [3.8, 4) is 5.75 Å². The fraction of sp³-hybridized carbons (Fsp3) is 0.130. The minimum atomic E-state index is -1.19. The average molecular weight is 375 g/mol. The summed E-state index contributed by atoms with van der Waals surface area (Å²) in [6.45, 7) is 4.67. The maximum atomic E-state index is 13.0. The predicted molar refractivity (Wildman–Crippen MR) is 109 cm³/mol. The van der Waals surface area contributed by atoms with Crippen molar-refractivity contribution in [2.75, 3.05) is 11.4 Å². The van der Waals surface area contributed by atoms with Gasteiger partial charge in [0.25, 0.3) is 0 Å². The van der Waals surface area contributed by atoms with Gasteiger partial charge in [-0.15, -0.1) is 0 Å². The standard InChI is InChI=1S/C23H21NO4/c1-3-24(16-10-8-15(2)9-11-16)17-12-13-21(25)20(14-17)22(26)18-6-4-5-7-19(18)23(27)28/h4-14,25H,3H2,1-2H3,(H,27,28). The summed E-state index contributed by atoms with van der Waals surface area (Å²) in [7, 11) is 0. The van der Waals surface area contributed by atoms with Gasteiger partial charge in [0.05, 0.1) is 11.1 Å². The van der Waals surface area contributed by atoms with Gasteiger partial charge >= 0.3 is 5.97 Å². The normalized spacial score (nSPS) is 10.5. The number of carboxylic acid groups (broad SMARTS) is 1. The van der Waals surface area contributed by atoms with Crippen LogP contribution in [0.4, 0.5) is 11.4 Å². The Kier molecular flexibility index (Phi) is 5.45. The Hall–Kier alpha value is -3.60. The van der Waals surface area contributed by atoms with Crippen molar-refractivity contribution >= 4 is 23.1 Å². The zero-order valence-corrected chi connectivity index (χ0v) is 15.7. The predicted octanol–water partition coefficient (Wildman–Crippen LogP) is 4.79. The van der Waals surface area contributed by atoms with Crippen molar-refractivity contribution in [1.29, 1.82) is 0 Å². The third-order valence-electron chi connectivity index (χ3n) is 4.60. The highest BCUT2D eigenvalue weighted by molar-refractivity contribution is 6.15. The number of benzene rings is 3. The molecular formula is C23H21NO4. The SMILES string of the molecule is CCN(c1ccc(C)cc1)c1ccc(O)c(C(=O)c2ccccc2C(=O)O)c1. The molecule has 0 aliphatic carbocycles. The van der Waals surface area contributed by atoms with Crippen LogP contribution in [0.5, 0.6) is 5.75 Å². The Labute approximate surface area is 163 Å². The maximum absolute atomic E-state index is 13.0. The van der Waals surface area contributed by atoms with Gasteiger partial charge < -0.3 is 15.1 Å². The molecule has 28 heavy (non-hydrogen) atoms. The van der Waals surface area contributed by atoms with Crippen LogP contribution < -0.4 is 4.90 Å². The zero-order valence-electron chi connectivity index (χ0n) is 15.7. The molecule has 0 amide bonds. The second kappa shape index (κ2) is 7.96. The summed E-state index contributed by atoms with van der Waals surface area (Å²) in [6, 6.07) is 18.8. The molecule has 5 nitrogen and oxygen atoms in total. The molecule has 3 rings (SSSR count). The summed E-state index contributed by atoms with van der Waals surface area (Å²) >= 11 is 0. The molecule has 0 atom stereocenters. The number of nitrogens with zero attached hydrogens (tertiary/aromatic N) is 1. The number of aryl methyl sites for hydroxylation is 1. The van der Waals surface area contributed by atoms with E-state index in [1.54, 1.807) is 24.3 Å². The highest BCUT2D eigenvalue weighted by atomic mass is 16.4. The second-order valence-corrected chi connectivity index (χ2v) is 6.46. The van der Waals surface area contributed by atoms with Crippen LogP contribution in [0.15, 0.2) is 66.7 Å². The van der Waals surface area contributed by atoms with E-state index in [9.17, 15) is 19.8 Å². The molecule has 2 N–H and O–H groups in total. The molecule has 0 bridgehead atoms. The molecule has 3 aromatic rings. The molecule has 0 saturated carbocycles. The first-order valence-electron chi connectivity index (χ1n) is 8.96. The van der Waals surface area contributed by atoms with E-state index in [0.29, 0.717) is 6.54 Å². The first-order valence-corrected chi connectivity index (χ1v) is 8.96. The third kappa shape index (κ3) is 3.74. The molecule has 142 valence electrons. The molecule has 0 aromatic heterocycles. The Morgan fingerprint density at radius 3 is 2.07 bits per heavy atom. The molecule has 0 unspecified atom stereocenters. The Bertz CT molecular complexity index is 1030. The van der Waals surface area contributed by atoms with E-state index in [2.05, 4.69) is 0 Å². The van der Waals surface area contributed by atoms with E-state index >= 15 is 0 Å². The highest BCUT2D eigenvalue weighted by Crippen LogP contribution is 2.31. The van der Waals surface area contributed by atoms with E-state index in [1.807, 2.05) is 43.0 Å². The van der Waals surface area contributed by atoms with E-state index in [-0.39, 0.29) is 22.4 Å². The van der Waals surface area contributed by atoms with Gasteiger partial charge in [0, 0.05) is 23.5 Å². The number of anilines is 2. The number of ketones is 1. The molecule has 0 aliphatic rings. The number of aromatic carboxylic acids is 1. The van der Waals surface area contributed by atoms with Crippen LogP contribution in [0, 0.1) is 6.92 Å². The average Bonchev–Trinajstić information content (AvgIpc) is 2.70. The van der Waals surface area contributed by atoms with E-state index in [1.165, 1.54) is 18.2 Å². The van der Waals surface area contributed by atoms with Crippen LogP contribution in [-0.2, 0) is 0 Å². The first-order chi connectivity index (χ1) is 13.4. The Balaban J connectivity index is 2.05. The molecule has 3 aromatic carbocycles. The summed E-state index contributed by atoms with van der Waals surface area (Å²) in [4.78, 5) is 26.5. The van der Waals surface area contributed by atoms with Crippen LogP contribution in [0.2, 0.25) is 0 Å². The number of hydrogen-bond acceptors (Lipinski definition) is 4. The fourth-order valence-corrected chi connectivity index (χ4v) is 3.13. The quantitative estimate of drug-likeness (QED) is 0.606. The summed E-state index contributed by atoms with van der Waals surface area (Å²) in [5.74, 6) is -1.90. The number of carbonyl (C=O) groups is 2. The number of phenolic OH excluding ortho intramolecular Hbond substituents is 1. The van der Waals surface area contributed by atoms with Gasteiger partial charge in [0.1, 0.15) is 5.75 Å². The van der Waals surface area contributed by atoms with Gasteiger partial charge in [-0.3, -0.25) is 4.79 Å². The van der Waals surface area contributed by atoms with Gasteiger partial charge in [-0.05, 0) is 50.2 Å². The van der Waals surface area contributed by atoms with Gasteiger partial charge in [0.15, 0.2) is 5.78 Å². The van der Waals surface area contributed by atoms with Crippen LogP contribution in [0.3, 0.4) is 0 Å². The molecule has 0 fully saturated rings. The lowest BCUT2D eigenvalue weighted by Crippen LogP contribution is -2.17. The third-order valence-corrected chi connectivity index (χ3v) is 4.60. The summed E-state index contributed by atoms with van der Waals surface area (Å²) < 4.78 is 0. The lowest BCUT2D eigenvalue weighted by atomic mass is 9.97. The fourth-order valence-electron chi connectivity index (χ4n) is 3.13. The van der Waals surface area contributed by atoms with Crippen molar-refractivity contribution in [1.82, 2.24) is 0 Å². The van der Waals surface area contributed by atoms with Gasteiger partial charge in [-0.25, -0.2) is 4.79 Å². The molecule has 0 radical (unpaired) electrons. The van der Waals surface area contributed by atoms with Crippen LogP contribution in [0.1, 0.15) is 38.8 Å². The van der Waals surface area contributed by atoms with Gasteiger partial charge in [0.2, 0.25) is 0 Å². The van der Waals surface area contributed by atoms with Crippen LogP contribution >= 0.6 is 0 Å². The maximum Gasteiger partial charge on any atom is 0.336 e. The summed E-state index contributed by atoms with van der Waals surface area (Å²) in [6.07, 6.45) is 0. The van der Waals surface area contributed by atoms with Gasteiger partial charge in [-0.1, -0.05) is 35.9 Å². The molecule has 5 heteroatoms. The Morgan fingerprint density at radius 1 is 0.857 bits per heavy atom. The smallest absolute Gasteiger partial charge is 0.336 e. The van der Waals surface area contributed by atoms with Crippen molar-refractivity contribution in [3.05, 3.63) is 89.0 Å². The summed E-state index contributed by atoms with van der Waals surface area (Å²) in [5, 5.41) is 19.6. The number of aromatic hydroxyl groups is 1. The molecule has 0 aliphatic heterocycles. The molecular weight excluding hydrogens is 354 g/mol. The first kappa shape index (κ1) is 19.2. The molecule has 0 spiro atoms. The number of phenols is 1. The number of carboxylic acids is 1. The largest absolute Gasteiger partial charge is 0.507 e. The number of hydrogen-bond donors (Lipinski definition) is 2. The van der Waals surface area contributed by atoms with E-state index in [4.69, 9.17) is 0 Å². The summed E-state index contributed by atoms with van der Waals surface area (Å²) in [5.41, 5.74) is 2.86. The van der Waals surface area contributed by atoms with Crippen molar-refractivity contribution < 1.29 is 19.8 Å². The molecule has 0 heterocycles. The zero-order chi connectivity index (χ0) is 20.3. The second-order valence-electron chi connectivity index (χ2n) is 6.46. The minimum absolute atomic E-state index is 0.0424. The van der Waals surface area contributed by atoms with Crippen LogP contribution in [0.25, 0.3) is 0 Å². The van der Waals surface area contributed by atoms with Gasteiger partial charge in [-0.2, -0.15) is 0 Å². The minimum Gasteiger partial charge on any atom is -0.507 e.